The molecule has 2 N–H and O–H groups in total. The molecule has 0 radical (unpaired) electrons. The predicted octanol–water partition coefficient (Wildman–Crippen LogP) is 8.36. The smallest absolute Gasteiger partial charge is 0.408 e. The van der Waals surface area contributed by atoms with E-state index in [0.717, 1.165) is 54.5 Å². The van der Waals surface area contributed by atoms with Crippen molar-refractivity contribution in [2.75, 3.05) is 11.9 Å². The molecule has 0 bridgehead atoms. The zero-order valence-electron chi connectivity index (χ0n) is 27.6. The van der Waals surface area contributed by atoms with Gasteiger partial charge in [-0.3, -0.25) is 9.59 Å². The van der Waals surface area contributed by atoms with Crippen LogP contribution in [0.15, 0.2) is 49.0 Å². The first-order valence-corrected chi connectivity index (χ1v) is 15.7. The first-order chi connectivity index (χ1) is 20.3. The van der Waals surface area contributed by atoms with Gasteiger partial charge in [-0.25, -0.2) is 4.79 Å². The van der Waals surface area contributed by atoms with E-state index >= 15 is 0 Å². The summed E-state index contributed by atoms with van der Waals surface area (Å²) in [6.07, 6.45) is 6.42. The van der Waals surface area contributed by atoms with Crippen LogP contribution in [0.2, 0.25) is 0 Å². The number of unbranched alkanes of at least 4 members (excludes halogenated alkanes) is 4. The van der Waals surface area contributed by atoms with Gasteiger partial charge in [-0.05, 0) is 81.7 Å². The number of nitrogens with zero attached hydrogens (tertiary/aromatic N) is 1. The number of nitrogens with one attached hydrogen (secondary N) is 2. The molecule has 43 heavy (non-hydrogen) atoms. The minimum atomic E-state index is -0.923. The second-order valence-electron chi connectivity index (χ2n) is 12.8. The summed E-state index contributed by atoms with van der Waals surface area (Å²) < 4.78 is 5.52. The summed E-state index contributed by atoms with van der Waals surface area (Å²) in [7, 11) is 0. The van der Waals surface area contributed by atoms with Crippen LogP contribution in [-0.4, -0.2) is 41.0 Å². The van der Waals surface area contributed by atoms with Crippen LogP contribution >= 0.6 is 0 Å². The third kappa shape index (κ3) is 11.5. The number of rotatable bonds is 15. The number of carbonyl (C=O) groups excluding carboxylic acids is 3. The lowest BCUT2D eigenvalue weighted by Crippen LogP contribution is -2.53. The van der Waals surface area contributed by atoms with Crippen molar-refractivity contribution in [2.24, 2.45) is 5.92 Å². The minimum Gasteiger partial charge on any atom is -0.444 e. The second-order valence-corrected chi connectivity index (χ2v) is 12.8. The fraction of sp³-hybridized carbons (Fsp3) is 0.528. The highest BCUT2D eigenvalue weighted by Gasteiger charge is 2.36. The van der Waals surface area contributed by atoms with Crippen LogP contribution in [-0.2, 0) is 14.3 Å². The molecule has 7 nitrogen and oxygen atoms in total. The molecule has 2 rings (SSSR count). The molecular weight excluding hydrogens is 538 g/mol. The third-order valence-electron chi connectivity index (χ3n) is 7.23. The van der Waals surface area contributed by atoms with E-state index in [1.807, 2.05) is 70.2 Å². The maximum Gasteiger partial charge on any atom is 0.408 e. The van der Waals surface area contributed by atoms with Crippen LogP contribution in [0.3, 0.4) is 0 Å². The zero-order chi connectivity index (χ0) is 32.2. The van der Waals surface area contributed by atoms with Crippen LogP contribution in [0.5, 0.6) is 0 Å². The Morgan fingerprint density at radius 2 is 1.60 bits per heavy atom. The molecule has 0 fully saturated rings. The Labute approximate surface area is 259 Å². The van der Waals surface area contributed by atoms with Gasteiger partial charge >= 0.3 is 6.09 Å². The molecule has 7 heteroatoms. The highest BCUT2D eigenvalue weighted by molar-refractivity contribution is 6.00. The Balaban J connectivity index is 2.61. The summed E-state index contributed by atoms with van der Waals surface area (Å²) in [5.41, 5.74) is 3.43. The van der Waals surface area contributed by atoms with Gasteiger partial charge < -0.3 is 20.3 Å². The van der Waals surface area contributed by atoms with Crippen molar-refractivity contribution in [3.05, 3.63) is 71.3 Å². The van der Waals surface area contributed by atoms with Gasteiger partial charge in [0.15, 0.2) is 0 Å². The number of carbonyl (C=O) groups is 3. The van der Waals surface area contributed by atoms with Gasteiger partial charge in [-0.15, -0.1) is 0 Å². The van der Waals surface area contributed by atoms with E-state index in [1.165, 1.54) is 0 Å². The van der Waals surface area contributed by atoms with Crippen molar-refractivity contribution in [3.63, 3.8) is 0 Å². The molecule has 2 unspecified atom stereocenters. The predicted molar refractivity (Wildman–Crippen MR) is 177 cm³/mol. The monoisotopic (exact) mass is 591 g/mol. The minimum absolute atomic E-state index is 0.112. The van der Waals surface area contributed by atoms with Crippen molar-refractivity contribution in [1.29, 1.82) is 0 Å². The molecule has 0 spiro atoms. The van der Waals surface area contributed by atoms with E-state index in [2.05, 4.69) is 24.1 Å². The van der Waals surface area contributed by atoms with Crippen molar-refractivity contribution in [1.82, 2.24) is 10.2 Å². The van der Waals surface area contributed by atoms with E-state index in [-0.39, 0.29) is 17.7 Å². The number of anilines is 1. The van der Waals surface area contributed by atoms with Crippen LogP contribution in [0, 0.1) is 19.8 Å². The topological polar surface area (TPSA) is 87.7 Å². The molecule has 0 aliphatic heterocycles. The number of para-hydroxylation sites is 1. The first kappa shape index (κ1) is 35.6. The van der Waals surface area contributed by atoms with Crippen LogP contribution in [0.4, 0.5) is 10.5 Å². The lowest BCUT2D eigenvalue weighted by atomic mass is 9.97. The largest absolute Gasteiger partial charge is 0.444 e. The number of ether oxygens (including phenoxy) is 1. The fourth-order valence-corrected chi connectivity index (χ4v) is 5.13. The van der Waals surface area contributed by atoms with E-state index in [4.69, 9.17) is 4.74 Å². The van der Waals surface area contributed by atoms with Gasteiger partial charge in [0.1, 0.15) is 17.7 Å². The molecule has 0 saturated carbocycles. The average Bonchev–Trinajstić information content (AvgIpc) is 2.92. The SMILES string of the molecule is C=Cc1cccc(C(C(=O)Nc2c(C)cccc2C)N(CCCCCCC)C(=O)C(CC(C)C)NC(=O)OC(C)(C)C)c1. The molecule has 3 amide bonds. The van der Waals surface area contributed by atoms with Gasteiger partial charge in [0, 0.05) is 12.2 Å². The Morgan fingerprint density at radius 3 is 2.19 bits per heavy atom. The van der Waals surface area contributed by atoms with Gasteiger partial charge in [0.2, 0.25) is 5.91 Å². The van der Waals surface area contributed by atoms with Gasteiger partial charge in [0.25, 0.3) is 5.91 Å². The first-order valence-electron chi connectivity index (χ1n) is 15.7. The molecule has 0 aliphatic rings. The highest BCUT2D eigenvalue weighted by Crippen LogP contribution is 2.29. The summed E-state index contributed by atoms with van der Waals surface area (Å²) in [5.74, 6) is -0.497. The van der Waals surface area contributed by atoms with E-state index < -0.39 is 23.8 Å². The molecular formula is C36H53N3O4. The molecule has 2 atom stereocenters. The number of hydrogen-bond acceptors (Lipinski definition) is 4. The normalized spacial score (nSPS) is 12.8. The molecule has 0 saturated heterocycles. The Hall–Kier alpha value is -3.61. The lowest BCUT2D eigenvalue weighted by molar-refractivity contribution is -0.141. The quantitative estimate of drug-likeness (QED) is 0.204. The number of benzene rings is 2. The number of hydrogen-bond donors (Lipinski definition) is 2. The molecule has 2 aromatic rings. The molecule has 2 aromatic carbocycles. The molecule has 0 aromatic heterocycles. The standard InChI is InChI=1S/C36H53N3O4/c1-10-12-13-14-15-22-39(34(41)30(23-25(3)4)37-35(42)43-36(7,8)9)32(29-21-17-20-28(11-2)24-29)33(40)38-31-26(5)18-16-19-27(31)6/h11,16-21,24-25,30,32H,2,10,12-15,22-23H2,1,3-9H3,(H,37,42)(H,38,40). The van der Waals surface area contributed by atoms with Crippen molar-refractivity contribution < 1.29 is 19.1 Å². The van der Waals surface area contributed by atoms with Gasteiger partial charge in [-0.2, -0.15) is 0 Å². The lowest BCUT2D eigenvalue weighted by Gasteiger charge is -2.35. The third-order valence-corrected chi connectivity index (χ3v) is 7.23. The maximum atomic E-state index is 14.5. The van der Waals surface area contributed by atoms with E-state index in [0.29, 0.717) is 18.5 Å². The Morgan fingerprint density at radius 1 is 0.977 bits per heavy atom. The van der Waals surface area contributed by atoms with E-state index in [1.54, 1.807) is 31.7 Å². The number of alkyl carbamates (subject to hydrolysis) is 1. The van der Waals surface area contributed by atoms with Gasteiger partial charge in [-0.1, -0.05) is 95.5 Å². The Bertz CT molecular complexity index is 1210. The van der Waals surface area contributed by atoms with Gasteiger partial charge in [0.05, 0.1) is 0 Å². The van der Waals surface area contributed by atoms with E-state index in [9.17, 15) is 14.4 Å². The number of amides is 3. The molecule has 0 heterocycles. The van der Waals surface area contributed by atoms with Crippen LogP contribution in [0.1, 0.15) is 108 Å². The molecule has 236 valence electrons. The highest BCUT2D eigenvalue weighted by atomic mass is 16.6. The average molecular weight is 592 g/mol. The summed E-state index contributed by atoms with van der Waals surface area (Å²) in [5, 5.41) is 5.97. The van der Waals surface area contributed by atoms with Crippen molar-refractivity contribution in [3.8, 4) is 0 Å². The summed E-state index contributed by atoms with van der Waals surface area (Å²) in [6, 6.07) is 11.6. The van der Waals surface area contributed by atoms with Crippen molar-refractivity contribution in [2.45, 2.75) is 112 Å². The van der Waals surface area contributed by atoms with Crippen LogP contribution < -0.4 is 10.6 Å². The fourth-order valence-electron chi connectivity index (χ4n) is 5.13. The van der Waals surface area contributed by atoms with Crippen molar-refractivity contribution >= 4 is 29.7 Å². The zero-order valence-corrected chi connectivity index (χ0v) is 27.6. The number of aryl methyl sites for hydroxylation is 2. The molecule has 0 aliphatic carbocycles. The summed E-state index contributed by atoms with van der Waals surface area (Å²) >= 11 is 0. The van der Waals surface area contributed by atoms with Crippen LogP contribution in [0.25, 0.3) is 6.08 Å². The maximum absolute atomic E-state index is 14.5. The second kappa shape index (κ2) is 16.9. The summed E-state index contributed by atoms with van der Waals surface area (Å²) in [4.78, 5) is 43.4. The Kier molecular flexibility index (Phi) is 14.0. The summed E-state index contributed by atoms with van der Waals surface area (Å²) in [6.45, 7) is 19.7.